The predicted octanol–water partition coefficient (Wildman–Crippen LogP) is 2.93. The fraction of sp³-hybridized carbons (Fsp3) is 0.538. The van der Waals surface area contributed by atoms with Gasteiger partial charge in [-0.25, -0.2) is 0 Å². The molecule has 16 heavy (non-hydrogen) atoms. The maximum atomic E-state index is 5.22. The fourth-order valence-electron chi connectivity index (χ4n) is 2.40. The van der Waals surface area contributed by atoms with Crippen LogP contribution in [-0.2, 0) is 4.74 Å². The van der Waals surface area contributed by atoms with Crippen molar-refractivity contribution in [3.8, 4) is 0 Å². The van der Waals surface area contributed by atoms with E-state index in [1.807, 2.05) is 0 Å². The zero-order chi connectivity index (χ0) is 11.4. The van der Waals surface area contributed by atoms with E-state index in [-0.39, 0.29) is 0 Å². The van der Waals surface area contributed by atoms with Crippen LogP contribution in [0.1, 0.15) is 24.3 Å². The van der Waals surface area contributed by atoms with Gasteiger partial charge in [-0.1, -0.05) is 28.1 Å². The van der Waals surface area contributed by atoms with Gasteiger partial charge in [0.05, 0.1) is 6.61 Å². The normalized spacial score (nSPS) is 25.6. The first kappa shape index (κ1) is 12.1. The van der Waals surface area contributed by atoms with Crippen LogP contribution in [0.25, 0.3) is 0 Å². The second-order valence-corrected chi connectivity index (χ2v) is 5.30. The van der Waals surface area contributed by atoms with E-state index in [2.05, 4.69) is 45.5 Å². The molecule has 0 spiro atoms. The SMILES string of the molecule is COCC1CC(c2cccc(Br)c2)CCN1. The number of benzene rings is 1. The molecule has 0 aliphatic carbocycles. The Morgan fingerprint density at radius 3 is 3.12 bits per heavy atom. The molecule has 1 heterocycles. The van der Waals surface area contributed by atoms with Crippen molar-refractivity contribution in [2.45, 2.75) is 24.8 Å². The Bertz CT molecular complexity index is 340. The zero-order valence-electron chi connectivity index (χ0n) is 9.58. The van der Waals surface area contributed by atoms with Gasteiger partial charge in [0, 0.05) is 17.6 Å². The fourth-order valence-corrected chi connectivity index (χ4v) is 2.81. The summed E-state index contributed by atoms with van der Waals surface area (Å²) in [5.41, 5.74) is 1.44. The van der Waals surface area contributed by atoms with Crippen LogP contribution in [0.2, 0.25) is 0 Å². The van der Waals surface area contributed by atoms with Gasteiger partial charge in [0.2, 0.25) is 0 Å². The van der Waals surface area contributed by atoms with Gasteiger partial charge in [-0.2, -0.15) is 0 Å². The van der Waals surface area contributed by atoms with Gasteiger partial charge in [-0.15, -0.1) is 0 Å². The molecule has 1 saturated heterocycles. The number of piperidine rings is 1. The third kappa shape index (κ3) is 3.06. The molecule has 1 fully saturated rings. The van der Waals surface area contributed by atoms with E-state index in [0.29, 0.717) is 12.0 Å². The summed E-state index contributed by atoms with van der Waals surface area (Å²) in [5.74, 6) is 0.666. The first-order valence-electron chi connectivity index (χ1n) is 5.77. The van der Waals surface area contributed by atoms with Crippen LogP contribution in [0, 0.1) is 0 Å². The van der Waals surface area contributed by atoms with Crippen LogP contribution in [0.15, 0.2) is 28.7 Å². The second kappa shape index (κ2) is 5.80. The summed E-state index contributed by atoms with van der Waals surface area (Å²) in [7, 11) is 1.77. The monoisotopic (exact) mass is 283 g/mol. The Balaban J connectivity index is 2.03. The Hall–Kier alpha value is -0.380. The highest BCUT2D eigenvalue weighted by Crippen LogP contribution is 2.29. The van der Waals surface area contributed by atoms with Crippen molar-refractivity contribution < 1.29 is 4.74 Å². The van der Waals surface area contributed by atoms with Gasteiger partial charge in [-0.3, -0.25) is 0 Å². The standard InChI is InChI=1S/C13H18BrNO/c1-16-9-13-8-11(5-6-15-13)10-3-2-4-12(14)7-10/h2-4,7,11,13,15H,5-6,8-9H2,1H3. The highest BCUT2D eigenvalue weighted by Gasteiger charge is 2.22. The topological polar surface area (TPSA) is 21.3 Å². The number of hydrogen-bond donors (Lipinski definition) is 1. The summed E-state index contributed by atoms with van der Waals surface area (Å²) < 4.78 is 6.39. The summed E-state index contributed by atoms with van der Waals surface area (Å²) in [4.78, 5) is 0. The van der Waals surface area contributed by atoms with Crippen molar-refractivity contribution in [2.75, 3.05) is 20.3 Å². The molecule has 0 amide bonds. The second-order valence-electron chi connectivity index (χ2n) is 4.38. The van der Waals surface area contributed by atoms with Crippen molar-refractivity contribution in [3.63, 3.8) is 0 Å². The van der Waals surface area contributed by atoms with E-state index in [1.54, 1.807) is 7.11 Å². The molecule has 0 bridgehead atoms. The van der Waals surface area contributed by atoms with Crippen LogP contribution in [0.4, 0.5) is 0 Å². The van der Waals surface area contributed by atoms with Gasteiger partial charge in [0.15, 0.2) is 0 Å². The number of ether oxygens (including phenoxy) is 1. The highest BCUT2D eigenvalue weighted by molar-refractivity contribution is 9.10. The van der Waals surface area contributed by atoms with E-state index >= 15 is 0 Å². The summed E-state index contributed by atoms with van der Waals surface area (Å²) in [6.45, 7) is 1.90. The molecule has 88 valence electrons. The van der Waals surface area contributed by atoms with Crippen LogP contribution in [0.3, 0.4) is 0 Å². The van der Waals surface area contributed by atoms with Gasteiger partial charge in [0.1, 0.15) is 0 Å². The van der Waals surface area contributed by atoms with Crippen LogP contribution >= 0.6 is 15.9 Å². The number of nitrogens with one attached hydrogen (secondary N) is 1. The van der Waals surface area contributed by atoms with Crippen molar-refractivity contribution in [2.24, 2.45) is 0 Å². The molecule has 1 aliphatic rings. The molecular weight excluding hydrogens is 266 g/mol. The minimum Gasteiger partial charge on any atom is -0.383 e. The largest absolute Gasteiger partial charge is 0.383 e. The average molecular weight is 284 g/mol. The lowest BCUT2D eigenvalue weighted by atomic mass is 9.87. The minimum absolute atomic E-state index is 0.503. The Labute approximate surface area is 106 Å². The number of halogens is 1. The lowest BCUT2D eigenvalue weighted by Gasteiger charge is -2.30. The molecule has 1 aliphatic heterocycles. The van der Waals surface area contributed by atoms with Gasteiger partial charge < -0.3 is 10.1 Å². The molecule has 1 aromatic carbocycles. The molecule has 0 saturated carbocycles. The Morgan fingerprint density at radius 1 is 1.50 bits per heavy atom. The molecule has 2 atom stereocenters. The van der Waals surface area contributed by atoms with Crippen molar-refractivity contribution in [1.82, 2.24) is 5.32 Å². The van der Waals surface area contributed by atoms with E-state index in [4.69, 9.17) is 4.74 Å². The maximum Gasteiger partial charge on any atom is 0.0616 e. The van der Waals surface area contributed by atoms with E-state index in [0.717, 1.165) is 13.2 Å². The van der Waals surface area contributed by atoms with Crippen LogP contribution in [-0.4, -0.2) is 26.3 Å². The smallest absolute Gasteiger partial charge is 0.0616 e. The van der Waals surface area contributed by atoms with Crippen LogP contribution in [0.5, 0.6) is 0 Å². The summed E-state index contributed by atoms with van der Waals surface area (Å²) in [6, 6.07) is 9.16. The Morgan fingerprint density at radius 2 is 2.38 bits per heavy atom. The van der Waals surface area contributed by atoms with Gasteiger partial charge >= 0.3 is 0 Å². The van der Waals surface area contributed by atoms with Crippen molar-refractivity contribution >= 4 is 15.9 Å². The number of hydrogen-bond acceptors (Lipinski definition) is 2. The quantitative estimate of drug-likeness (QED) is 0.921. The first-order chi connectivity index (χ1) is 7.79. The van der Waals surface area contributed by atoms with Crippen molar-refractivity contribution in [1.29, 1.82) is 0 Å². The lowest BCUT2D eigenvalue weighted by Crippen LogP contribution is -2.40. The molecule has 2 unspecified atom stereocenters. The molecule has 1 N–H and O–H groups in total. The highest BCUT2D eigenvalue weighted by atomic mass is 79.9. The van der Waals surface area contributed by atoms with Crippen molar-refractivity contribution in [3.05, 3.63) is 34.3 Å². The average Bonchev–Trinajstić information content (AvgIpc) is 2.30. The molecule has 2 rings (SSSR count). The van der Waals surface area contributed by atoms with Gasteiger partial charge in [0.25, 0.3) is 0 Å². The van der Waals surface area contributed by atoms with E-state index in [1.165, 1.54) is 22.9 Å². The molecule has 1 aromatic rings. The molecule has 2 nitrogen and oxygen atoms in total. The molecule has 3 heteroatoms. The maximum absolute atomic E-state index is 5.22. The van der Waals surface area contributed by atoms with Gasteiger partial charge in [-0.05, 0) is 43.0 Å². The van der Waals surface area contributed by atoms with E-state index < -0.39 is 0 Å². The van der Waals surface area contributed by atoms with E-state index in [9.17, 15) is 0 Å². The number of methoxy groups -OCH3 is 1. The summed E-state index contributed by atoms with van der Waals surface area (Å²) >= 11 is 3.53. The molecular formula is C13H18BrNO. The Kier molecular flexibility index (Phi) is 4.38. The number of rotatable bonds is 3. The minimum atomic E-state index is 0.503. The van der Waals surface area contributed by atoms with Crippen LogP contribution < -0.4 is 5.32 Å². The molecule has 0 aromatic heterocycles. The first-order valence-corrected chi connectivity index (χ1v) is 6.56. The predicted molar refractivity (Wildman–Crippen MR) is 69.8 cm³/mol. The molecule has 0 radical (unpaired) electrons. The summed E-state index contributed by atoms with van der Waals surface area (Å²) in [6.07, 6.45) is 2.39. The third-order valence-electron chi connectivity index (χ3n) is 3.18. The zero-order valence-corrected chi connectivity index (χ0v) is 11.2. The third-order valence-corrected chi connectivity index (χ3v) is 3.68. The lowest BCUT2D eigenvalue weighted by molar-refractivity contribution is 0.149. The summed E-state index contributed by atoms with van der Waals surface area (Å²) in [5, 5.41) is 3.50.